The quantitative estimate of drug-likeness (QED) is 0.866. The maximum atomic E-state index is 13.4. The number of nitrogens with one attached hydrogen (secondary N) is 1. The Morgan fingerprint density at radius 1 is 1.45 bits per heavy atom. The molecule has 1 aliphatic heterocycles. The maximum Gasteiger partial charge on any atom is 0.307 e. The molecule has 1 atom stereocenters. The van der Waals surface area contributed by atoms with Gasteiger partial charge >= 0.3 is 5.97 Å². The van der Waals surface area contributed by atoms with Crippen molar-refractivity contribution in [3.63, 3.8) is 0 Å². The van der Waals surface area contributed by atoms with E-state index in [2.05, 4.69) is 5.32 Å². The number of benzene rings is 1. The Morgan fingerprint density at radius 3 is 2.91 bits per heavy atom. The average Bonchev–Trinajstić information content (AvgIpc) is 2.49. The summed E-state index contributed by atoms with van der Waals surface area (Å²) in [5, 5.41) is 11.8. The lowest BCUT2D eigenvalue weighted by Crippen LogP contribution is -2.44. The van der Waals surface area contributed by atoms with Gasteiger partial charge in [-0.1, -0.05) is 12.1 Å². The Balaban J connectivity index is 1.80. The average molecular weight is 308 g/mol. The molecule has 1 aliphatic rings. The molecule has 1 aromatic carbocycles. The predicted octanol–water partition coefficient (Wildman–Crippen LogP) is 1.55. The highest BCUT2D eigenvalue weighted by molar-refractivity contribution is 5.78. The van der Waals surface area contributed by atoms with Crippen LogP contribution in [0.5, 0.6) is 0 Å². The van der Waals surface area contributed by atoms with Gasteiger partial charge in [0.05, 0.1) is 12.5 Å². The fourth-order valence-electron chi connectivity index (χ4n) is 2.61. The van der Waals surface area contributed by atoms with E-state index in [0.29, 0.717) is 24.1 Å². The van der Waals surface area contributed by atoms with Crippen LogP contribution in [0, 0.1) is 18.7 Å². The van der Waals surface area contributed by atoms with Crippen LogP contribution in [0.1, 0.15) is 24.0 Å². The lowest BCUT2D eigenvalue weighted by molar-refractivity contribution is -0.144. The summed E-state index contributed by atoms with van der Waals surface area (Å²) in [6.07, 6.45) is 1.45. The van der Waals surface area contributed by atoms with Crippen LogP contribution >= 0.6 is 0 Å². The van der Waals surface area contributed by atoms with Crippen molar-refractivity contribution in [3.8, 4) is 0 Å². The van der Waals surface area contributed by atoms with E-state index in [0.717, 1.165) is 13.0 Å². The Kier molecular flexibility index (Phi) is 5.49. The summed E-state index contributed by atoms with van der Waals surface area (Å²) in [6, 6.07) is 4.87. The molecular weight excluding hydrogens is 287 g/mol. The van der Waals surface area contributed by atoms with Crippen LogP contribution in [0.3, 0.4) is 0 Å². The van der Waals surface area contributed by atoms with Crippen LogP contribution in [-0.4, -0.2) is 41.5 Å². The number of nitrogens with zero attached hydrogens (tertiary/aromatic N) is 1. The number of carboxylic acid groups (broad SMARTS) is 1. The highest BCUT2D eigenvalue weighted by Gasteiger charge is 2.26. The fourth-order valence-corrected chi connectivity index (χ4v) is 2.61. The number of rotatable bonds is 5. The molecule has 1 amide bonds. The van der Waals surface area contributed by atoms with Crippen LogP contribution in [0.4, 0.5) is 4.39 Å². The van der Waals surface area contributed by atoms with Gasteiger partial charge in [-0.3, -0.25) is 14.5 Å². The Bertz CT molecular complexity index is 562. The molecule has 1 heterocycles. The molecule has 1 aromatic rings. The van der Waals surface area contributed by atoms with E-state index >= 15 is 0 Å². The smallest absolute Gasteiger partial charge is 0.307 e. The third kappa shape index (κ3) is 4.53. The van der Waals surface area contributed by atoms with Gasteiger partial charge in [0.15, 0.2) is 0 Å². The summed E-state index contributed by atoms with van der Waals surface area (Å²) < 4.78 is 13.4. The minimum Gasteiger partial charge on any atom is -0.481 e. The van der Waals surface area contributed by atoms with Gasteiger partial charge in [0.25, 0.3) is 0 Å². The maximum absolute atomic E-state index is 13.4. The van der Waals surface area contributed by atoms with Gasteiger partial charge in [-0.15, -0.1) is 0 Å². The summed E-state index contributed by atoms with van der Waals surface area (Å²) in [7, 11) is 0. The molecule has 0 radical (unpaired) electrons. The van der Waals surface area contributed by atoms with Gasteiger partial charge in [0.2, 0.25) is 5.91 Å². The summed E-state index contributed by atoms with van der Waals surface area (Å²) in [4.78, 5) is 24.8. The van der Waals surface area contributed by atoms with E-state index in [1.165, 1.54) is 6.07 Å². The SMILES string of the molecule is Cc1ccc(CNC(=O)CN2CCC[C@H](C(=O)O)C2)cc1F. The molecule has 5 nitrogen and oxygen atoms in total. The van der Waals surface area contributed by atoms with E-state index < -0.39 is 11.9 Å². The fraction of sp³-hybridized carbons (Fsp3) is 0.500. The number of aryl methyl sites for hydroxylation is 1. The zero-order valence-corrected chi connectivity index (χ0v) is 12.6. The number of likely N-dealkylation sites (tertiary alicyclic amines) is 1. The highest BCUT2D eigenvalue weighted by atomic mass is 19.1. The number of hydrogen-bond donors (Lipinski definition) is 2. The second-order valence-electron chi connectivity index (χ2n) is 5.77. The third-order valence-corrected chi connectivity index (χ3v) is 3.95. The van der Waals surface area contributed by atoms with Crippen molar-refractivity contribution in [3.05, 3.63) is 35.1 Å². The van der Waals surface area contributed by atoms with Gasteiger partial charge in [-0.2, -0.15) is 0 Å². The predicted molar refractivity (Wildman–Crippen MR) is 79.8 cm³/mol. The van der Waals surface area contributed by atoms with E-state index in [1.807, 2.05) is 4.90 Å². The molecule has 0 aliphatic carbocycles. The van der Waals surface area contributed by atoms with Crippen molar-refractivity contribution >= 4 is 11.9 Å². The van der Waals surface area contributed by atoms with Crippen LogP contribution in [0.2, 0.25) is 0 Å². The molecule has 1 saturated heterocycles. The van der Waals surface area contributed by atoms with Gasteiger partial charge in [0.1, 0.15) is 5.82 Å². The second kappa shape index (κ2) is 7.35. The largest absolute Gasteiger partial charge is 0.481 e. The summed E-state index contributed by atoms with van der Waals surface area (Å²) in [6.45, 7) is 3.27. The first-order chi connectivity index (χ1) is 10.5. The molecule has 22 heavy (non-hydrogen) atoms. The van der Waals surface area contributed by atoms with Crippen molar-refractivity contribution in [2.24, 2.45) is 5.92 Å². The second-order valence-corrected chi connectivity index (χ2v) is 5.77. The number of carbonyl (C=O) groups excluding carboxylic acids is 1. The first kappa shape index (κ1) is 16.4. The van der Waals surface area contributed by atoms with Crippen molar-refractivity contribution in [2.75, 3.05) is 19.6 Å². The van der Waals surface area contributed by atoms with Crippen LogP contribution in [0.15, 0.2) is 18.2 Å². The van der Waals surface area contributed by atoms with E-state index in [9.17, 15) is 14.0 Å². The molecule has 2 rings (SSSR count). The molecule has 1 fully saturated rings. The number of carboxylic acids is 1. The van der Waals surface area contributed by atoms with Gasteiger partial charge in [-0.05, 0) is 43.5 Å². The molecule has 120 valence electrons. The van der Waals surface area contributed by atoms with Crippen molar-refractivity contribution in [1.82, 2.24) is 10.2 Å². The van der Waals surface area contributed by atoms with Gasteiger partial charge in [0, 0.05) is 13.1 Å². The lowest BCUT2D eigenvalue weighted by atomic mass is 9.98. The highest BCUT2D eigenvalue weighted by Crippen LogP contribution is 2.16. The van der Waals surface area contributed by atoms with Gasteiger partial charge in [-0.25, -0.2) is 4.39 Å². The zero-order valence-electron chi connectivity index (χ0n) is 12.6. The molecule has 6 heteroatoms. The first-order valence-electron chi connectivity index (χ1n) is 7.42. The molecular formula is C16H21FN2O3. The molecule has 0 saturated carbocycles. The standard InChI is InChI=1S/C16H21FN2O3/c1-11-4-5-12(7-14(11)17)8-18-15(20)10-19-6-2-3-13(9-19)16(21)22/h4-5,7,13H,2-3,6,8-10H2,1H3,(H,18,20)(H,21,22)/t13-/m0/s1. The summed E-state index contributed by atoms with van der Waals surface area (Å²) in [5.74, 6) is -1.66. The monoisotopic (exact) mass is 308 g/mol. The van der Waals surface area contributed by atoms with E-state index in [-0.39, 0.29) is 24.8 Å². The summed E-state index contributed by atoms with van der Waals surface area (Å²) in [5.41, 5.74) is 1.28. The number of hydrogen-bond acceptors (Lipinski definition) is 3. The number of halogens is 1. The summed E-state index contributed by atoms with van der Waals surface area (Å²) >= 11 is 0. The molecule has 0 aromatic heterocycles. The molecule has 0 spiro atoms. The van der Waals surface area contributed by atoms with Crippen LogP contribution < -0.4 is 5.32 Å². The topological polar surface area (TPSA) is 69.6 Å². The first-order valence-corrected chi connectivity index (χ1v) is 7.42. The Labute approximate surface area is 129 Å². The third-order valence-electron chi connectivity index (χ3n) is 3.95. The van der Waals surface area contributed by atoms with Crippen LogP contribution in [-0.2, 0) is 16.1 Å². The Hall–Kier alpha value is -1.95. The van der Waals surface area contributed by atoms with E-state index in [1.54, 1.807) is 19.1 Å². The number of amides is 1. The molecule has 2 N–H and O–H groups in total. The minimum absolute atomic E-state index is 0.174. The lowest BCUT2D eigenvalue weighted by Gasteiger charge is -2.29. The van der Waals surface area contributed by atoms with Gasteiger partial charge < -0.3 is 10.4 Å². The molecule has 0 unspecified atom stereocenters. The molecule has 0 bridgehead atoms. The Morgan fingerprint density at radius 2 is 2.23 bits per heavy atom. The van der Waals surface area contributed by atoms with Crippen molar-refractivity contribution in [2.45, 2.75) is 26.3 Å². The van der Waals surface area contributed by atoms with Crippen molar-refractivity contribution in [1.29, 1.82) is 0 Å². The number of aliphatic carboxylic acids is 1. The zero-order chi connectivity index (χ0) is 16.1. The minimum atomic E-state index is -0.805. The normalized spacial score (nSPS) is 18.9. The van der Waals surface area contributed by atoms with E-state index in [4.69, 9.17) is 5.11 Å². The van der Waals surface area contributed by atoms with Crippen LogP contribution in [0.25, 0.3) is 0 Å². The number of piperidine rings is 1. The number of carbonyl (C=O) groups is 2. The van der Waals surface area contributed by atoms with Crippen molar-refractivity contribution < 1.29 is 19.1 Å².